The number of fused-ring (bicyclic) bond motifs is 1. The smallest absolute Gasteiger partial charge is 0.194 e. The normalized spacial score (nSPS) is 11.3. The van der Waals surface area contributed by atoms with E-state index in [2.05, 4.69) is 9.97 Å². The zero-order valence-corrected chi connectivity index (χ0v) is 12.3. The molecule has 0 saturated carbocycles. The Kier molecular flexibility index (Phi) is 3.59. The average molecular weight is 329 g/mol. The molecule has 1 aromatic carbocycles. The van der Waals surface area contributed by atoms with E-state index >= 15 is 0 Å². The SMILES string of the molecule is CCc1cc2c(Cl)nc(-c3cc(F)c(F)c(F)c3)nc2s1. The number of halogens is 4. The first kappa shape index (κ1) is 14.3. The Morgan fingerprint density at radius 2 is 1.76 bits per heavy atom. The highest BCUT2D eigenvalue weighted by atomic mass is 35.5. The van der Waals surface area contributed by atoms with Gasteiger partial charge in [0.2, 0.25) is 0 Å². The Balaban J connectivity index is 2.21. The number of thiophene rings is 1. The molecule has 2 heterocycles. The molecule has 21 heavy (non-hydrogen) atoms. The van der Waals surface area contributed by atoms with Gasteiger partial charge in [-0.25, -0.2) is 23.1 Å². The monoisotopic (exact) mass is 328 g/mol. The molecule has 0 amide bonds. The molecule has 0 fully saturated rings. The second-order valence-corrected chi connectivity index (χ2v) is 5.85. The minimum atomic E-state index is -1.52. The van der Waals surface area contributed by atoms with Crippen LogP contribution in [0, 0.1) is 17.5 Å². The van der Waals surface area contributed by atoms with E-state index in [1.165, 1.54) is 11.3 Å². The fourth-order valence-corrected chi connectivity index (χ4v) is 3.17. The lowest BCUT2D eigenvalue weighted by molar-refractivity contribution is 0.447. The van der Waals surface area contributed by atoms with Gasteiger partial charge in [-0.15, -0.1) is 11.3 Å². The maximum Gasteiger partial charge on any atom is 0.194 e. The van der Waals surface area contributed by atoms with Crippen molar-refractivity contribution in [3.05, 3.63) is 45.7 Å². The fraction of sp³-hybridized carbons (Fsp3) is 0.143. The minimum absolute atomic E-state index is 0.0432. The molecule has 0 unspecified atom stereocenters. The van der Waals surface area contributed by atoms with Crippen LogP contribution in [0.25, 0.3) is 21.6 Å². The molecular formula is C14H8ClF3N2S. The van der Waals surface area contributed by atoms with Crippen molar-refractivity contribution in [1.82, 2.24) is 9.97 Å². The Morgan fingerprint density at radius 1 is 1.10 bits per heavy atom. The highest BCUT2D eigenvalue weighted by Gasteiger charge is 2.16. The third-order valence-electron chi connectivity index (χ3n) is 2.99. The molecule has 0 atom stereocenters. The van der Waals surface area contributed by atoms with E-state index in [0.29, 0.717) is 10.2 Å². The van der Waals surface area contributed by atoms with E-state index in [1.54, 1.807) is 0 Å². The van der Waals surface area contributed by atoms with Crippen molar-refractivity contribution < 1.29 is 13.2 Å². The van der Waals surface area contributed by atoms with Crippen LogP contribution in [0.5, 0.6) is 0 Å². The second kappa shape index (κ2) is 5.27. The number of hydrogen-bond donors (Lipinski definition) is 0. The molecule has 108 valence electrons. The van der Waals surface area contributed by atoms with Crippen molar-refractivity contribution in [3.63, 3.8) is 0 Å². The molecule has 0 bridgehead atoms. The Labute approximate surface area is 127 Å². The van der Waals surface area contributed by atoms with E-state index in [9.17, 15) is 13.2 Å². The van der Waals surface area contributed by atoms with E-state index in [-0.39, 0.29) is 16.5 Å². The van der Waals surface area contributed by atoms with Crippen LogP contribution in [0.15, 0.2) is 18.2 Å². The first-order valence-corrected chi connectivity index (χ1v) is 7.30. The van der Waals surface area contributed by atoms with Gasteiger partial charge in [-0.2, -0.15) is 0 Å². The number of aryl methyl sites for hydroxylation is 1. The number of aromatic nitrogens is 2. The van der Waals surface area contributed by atoms with Gasteiger partial charge in [0.25, 0.3) is 0 Å². The fourth-order valence-electron chi connectivity index (χ4n) is 1.92. The third kappa shape index (κ3) is 2.49. The van der Waals surface area contributed by atoms with Crippen LogP contribution in [0.2, 0.25) is 5.15 Å². The summed E-state index contributed by atoms with van der Waals surface area (Å²) in [5.74, 6) is -4.03. The Morgan fingerprint density at radius 3 is 2.38 bits per heavy atom. The van der Waals surface area contributed by atoms with Crippen molar-refractivity contribution in [3.8, 4) is 11.4 Å². The van der Waals surface area contributed by atoms with Crippen LogP contribution >= 0.6 is 22.9 Å². The van der Waals surface area contributed by atoms with Gasteiger partial charge >= 0.3 is 0 Å². The third-order valence-corrected chi connectivity index (χ3v) is 4.45. The summed E-state index contributed by atoms with van der Waals surface area (Å²) in [6, 6.07) is 3.59. The molecule has 0 aliphatic rings. The summed E-state index contributed by atoms with van der Waals surface area (Å²) in [7, 11) is 0. The second-order valence-electron chi connectivity index (χ2n) is 4.38. The molecule has 0 N–H and O–H groups in total. The van der Waals surface area contributed by atoms with Crippen molar-refractivity contribution >= 4 is 33.2 Å². The van der Waals surface area contributed by atoms with Crippen LogP contribution < -0.4 is 0 Å². The number of nitrogens with zero attached hydrogens (tertiary/aromatic N) is 2. The summed E-state index contributed by atoms with van der Waals surface area (Å²) in [6.45, 7) is 2.00. The van der Waals surface area contributed by atoms with E-state index in [4.69, 9.17) is 11.6 Å². The van der Waals surface area contributed by atoms with Crippen LogP contribution in [0.3, 0.4) is 0 Å². The largest absolute Gasteiger partial charge is 0.217 e. The molecule has 2 nitrogen and oxygen atoms in total. The first-order valence-electron chi connectivity index (χ1n) is 6.10. The highest BCUT2D eigenvalue weighted by Crippen LogP contribution is 2.32. The van der Waals surface area contributed by atoms with Crippen LogP contribution in [-0.4, -0.2) is 9.97 Å². The molecule has 0 saturated heterocycles. The summed E-state index contributed by atoms with van der Waals surface area (Å²) in [4.78, 5) is 10.0. The molecule has 0 radical (unpaired) electrons. The molecule has 0 aliphatic carbocycles. The van der Waals surface area contributed by atoms with Crippen LogP contribution in [0.4, 0.5) is 13.2 Å². The first-order chi connectivity index (χ1) is 9.99. The number of hydrogen-bond acceptors (Lipinski definition) is 3. The lowest BCUT2D eigenvalue weighted by Crippen LogP contribution is -1.95. The maximum absolute atomic E-state index is 13.3. The summed E-state index contributed by atoms with van der Waals surface area (Å²) in [6.07, 6.45) is 0.826. The Bertz CT molecular complexity index is 825. The summed E-state index contributed by atoms with van der Waals surface area (Å²) in [5.41, 5.74) is 0.0432. The molecule has 3 rings (SSSR count). The van der Waals surface area contributed by atoms with Gasteiger partial charge in [-0.1, -0.05) is 18.5 Å². The summed E-state index contributed by atoms with van der Waals surface area (Å²) < 4.78 is 39.6. The predicted octanol–water partition coefficient (Wildman–Crippen LogP) is 4.99. The van der Waals surface area contributed by atoms with Gasteiger partial charge in [0.15, 0.2) is 23.3 Å². The van der Waals surface area contributed by atoms with Gasteiger partial charge in [-0.3, -0.25) is 0 Å². The van der Waals surface area contributed by atoms with Crippen LogP contribution in [0.1, 0.15) is 11.8 Å². The van der Waals surface area contributed by atoms with E-state index in [1.807, 2.05) is 13.0 Å². The van der Waals surface area contributed by atoms with Gasteiger partial charge in [0.05, 0.1) is 0 Å². The summed E-state index contributed by atoms with van der Waals surface area (Å²) in [5, 5.41) is 0.904. The number of benzene rings is 1. The van der Waals surface area contributed by atoms with E-state index in [0.717, 1.165) is 23.4 Å². The molecule has 7 heteroatoms. The van der Waals surface area contributed by atoms with Gasteiger partial charge in [0, 0.05) is 15.8 Å². The van der Waals surface area contributed by atoms with Gasteiger partial charge in [-0.05, 0) is 24.6 Å². The predicted molar refractivity (Wildman–Crippen MR) is 77.1 cm³/mol. The van der Waals surface area contributed by atoms with Crippen LogP contribution in [-0.2, 0) is 6.42 Å². The zero-order valence-electron chi connectivity index (χ0n) is 10.8. The molecule has 0 spiro atoms. The van der Waals surface area contributed by atoms with Crippen molar-refractivity contribution in [2.75, 3.05) is 0 Å². The molecule has 0 aliphatic heterocycles. The lowest BCUT2D eigenvalue weighted by Gasteiger charge is -2.03. The van der Waals surface area contributed by atoms with Crippen molar-refractivity contribution in [1.29, 1.82) is 0 Å². The highest BCUT2D eigenvalue weighted by molar-refractivity contribution is 7.18. The standard InChI is InChI=1S/C14H8ClF3N2S/c1-2-7-5-8-12(15)19-13(20-14(8)21-7)6-3-9(16)11(18)10(17)4-6/h3-5H,2H2,1H3. The topological polar surface area (TPSA) is 25.8 Å². The average Bonchev–Trinajstić information content (AvgIpc) is 2.88. The quantitative estimate of drug-likeness (QED) is 0.489. The Hall–Kier alpha value is -1.66. The van der Waals surface area contributed by atoms with Crippen molar-refractivity contribution in [2.24, 2.45) is 0 Å². The summed E-state index contributed by atoms with van der Waals surface area (Å²) >= 11 is 7.52. The van der Waals surface area contributed by atoms with Gasteiger partial charge in [0.1, 0.15) is 9.98 Å². The lowest BCUT2D eigenvalue weighted by atomic mass is 10.2. The minimum Gasteiger partial charge on any atom is -0.217 e. The molecular weight excluding hydrogens is 321 g/mol. The van der Waals surface area contributed by atoms with Gasteiger partial charge < -0.3 is 0 Å². The van der Waals surface area contributed by atoms with Crippen molar-refractivity contribution in [2.45, 2.75) is 13.3 Å². The van der Waals surface area contributed by atoms with E-state index < -0.39 is 17.5 Å². The number of rotatable bonds is 2. The zero-order chi connectivity index (χ0) is 15.1. The molecule has 3 aromatic rings. The molecule has 2 aromatic heterocycles. The maximum atomic E-state index is 13.3.